The van der Waals surface area contributed by atoms with Gasteiger partial charge in [-0.2, -0.15) is 4.31 Å². The fourth-order valence-corrected chi connectivity index (χ4v) is 9.06. The van der Waals surface area contributed by atoms with Gasteiger partial charge in [0.05, 0.1) is 11.9 Å². The summed E-state index contributed by atoms with van der Waals surface area (Å²) in [7, 11) is -1.78. The second kappa shape index (κ2) is 14.5. The lowest BCUT2D eigenvalue weighted by atomic mass is 9.72. The molecule has 1 saturated carbocycles. The third-order valence-corrected chi connectivity index (χ3v) is 11.6. The van der Waals surface area contributed by atoms with Crippen LogP contribution in [0.15, 0.2) is 42.5 Å². The number of amides is 2. The number of piperazine rings is 1. The van der Waals surface area contributed by atoms with Crippen molar-refractivity contribution in [3.63, 3.8) is 0 Å². The van der Waals surface area contributed by atoms with Gasteiger partial charge in [-0.05, 0) is 87.1 Å². The highest BCUT2D eigenvalue weighted by molar-refractivity contribution is 7.89. The highest BCUT2D eigenvalue weighted by Gasteiger charge is 2.40. The van der Waals surface area contributed by atoms with E-state index in [0.29, 0.717) is 44.3 Å². The molecule has 0 spiro atoms. The van der Waals surface area contributed by atoms with Crippen LogP contribution in [-0.2, 0) is 26.0 Å². The number of ether oxygens (including phenoxy) is 1. The second-order valence-corrected chi connectivity index (χ2v) is 14.4. The summed E-state index contributed by atoms with van der Waals surface area (Å²) in [6.07, 6.45) is 3.35. The minimum absolute atomic E-state index is 0.0687. The van der Waals surface area contributed by atoms with Crippen molar-refractivity contribution in [3.8, 4) is 0 Å². The number of hydrogen-bond donors (Lipinski definition) is 4. The predicted octanol–water partition coefficient (Wildman–Crippen LogP) is 4.23. The van der Waals surface area contributed by atoms with E-state index in [4.69, 9.17) is 4.74 Å². The van der Waals surface area contributed by atoms with E-state index in [-0.39, 0.29) is 47.5 Å². The molecular formula is C32H42F2N4O6S. The predicted molar refractivity (Wildman–Crippen MR) is 166 cm³/mol. The van der Waals surface area contributed by atoms with E-state index in [1.165, 1.54) is 24.3 Å². The van der Waals surface area contributed by atoms with E-state index in [2.05, 4.69) is 16.0 Å². The van der Waals surface area contributed by atoms with Crippen molar-refractivity contribution in [2.45, 2.75) is 81.5 Å². The van der Waals surface area contributed by atoms with Crippen molar-refractivity contribution in [1.82, 2.24) is 14.9 Å². The van der Waals surface area contributed by atoms with E-state index >= 15 is 4.39 Å². The molecule has 45 heavy (non-hydrogen) atoms. The monoisotopic (exact) mass is 648 g/mol. The van der Waals surface area contributed by atoms with Crippen LogP contribution in [0.1, 0.15) is 62.0 Å². The molecule has 5 atom stereocenters. The Morgan fingerprint density at radius 3 is 2.51 bits per heavy atom. The Balaban J connectivity index is 1.39. The number of hydrogen-bond acceptors (Lipinski definition) is 6. The molecule has 2 aromatic rings. The summed E-state index contributed by atoms with van der Waals surface area (Å²) in [5.41, 5.74) is 1.03. The van der Waals surface area contributed by atoms with Crippen LogP contribution in [0.3, 0.4) is 0 Å². The van der Waals surface area contributed by atoms with Gasteiger partial charge >= 0.3 is 6.09 Å². The largest absolute Gasteiger partial charge is 0.465 e. The SMILES string of the molecule is CO[C@H]1CC[C@H]([C@H](c2ccc(F)cc2)[C@H](NC(=O)O)C(=O)Nc2cccc(F)c2CC[C@H]2CN[C@@H]3CCCS(=O)(=O)N2C3)CC1. The second-order valence-electron chi connectivity index (χ2n) is 12.4. The number of nitrogens with one attached hydrogen (secondary N) is 3. The van der Waals surface area contributed by atoms with Crippen LogP contribution >= 0.6 is 0 Å². The summed E-state index contributed by atoms with van der Waals surface area (Å²) in [4.78, 5) is 26.0. The number of carboxylic acid groups (broad SMARTS) is 1. The first-order valence-electron chi connectivity index (χ1n) is 15.6. The molecule has 2 aromatic carbocycles. The van der Waals surface area contributed by atoms with Gasteiger partial charge in [0, 0.05) is 49.5 Å². The van der Waals surface area contributed by atoms with E-state index in [9.17, 15) is 27.5 Å². The summed E-state index contributed by atoms with van der Waals surface area (Å²) in [6, 6.07) is 8.50. The van der Waals surface area contributed by atoms with Gasteiger partial charge in [0.1, 0.15) is 17.7 Å². The molecule has 5 rings (SSSR count). The van der Waals surface area contributed by atoms with E-state index < -0.39 is 45.6 Å². The molecule has 246 valence electrons. The topological polar surface area (TPSA) is 137 Å². The van der Waals surface area contributed by atoms with Crippen LogP contribution in [-0.4, -0.2) is 80.0 Å². The molecule has 2 aliphatic heterocycles. The molecule has 2 bridgehead atoms. The lowest BCUT2D eigenvalue weighted by molar-refractivity contribution is -0.119. The van der Waals surface area contributed by atoms with Gasteiger partial charge < -0.3 is 25.8 Å². The molecule has 0 aromatic heterocycles. The summed E-state index contributed by atoms with van der Waals surface area (Å²) in [5, 5.41) is 18.4. The Morgan fingerprint density at radius 1 is 1.09 bits per heavy atom. The number of benzene rings is 2. The van der Waals surface area contributed by atoms with Gasteiger partial charge in [-0.1, -0.05) is 18.2 Å². The number of carbonyl (C=O) groups excluding carboxylic acids is 1. The van der Waals surface area contributed by atoms with Crippen LogP contribution in [0, 0.1) is 17.6 Å². The van der Waals surface area contributed by atoms with Gasteiger partial charge in [0.2, 0.25) is 15.9 Å². The molecular weight excluding hydrogens is 606 g/mol. The van der Waals surface area contributed by atoms with E-state index in [1.54, 1.807) is 29.6 Å². The van der Waals surface area contributed by atoms with Crippen LogP contribution < -0.4 is 16.0 Å². The zero-order valence-corrected chi connectivity index (χ0v) is 26.2. The zero-order chi connectivity index (χ0) is 32.1. The molecule has 2 saturated heterocycles. The minimum atomic E-state index is -3.43. The lowest BCUT2D eigenvalue weighted by Gasteiger charge is -2.38. The maximum atomic E-state index is 15.3. The maximum Gasteiger partial charge on any atom is 0.405 e. The van der Waals surface area contributed by atoms with Crippen LogP contribution in [0.25, 0.3) is 0 Å². The van der Waals surface area contributed by atoms with Crippen LogP contribution in [0.4, 0.5) is 19.3 Å². The van der Waals surface area contributed by atoms with Gasteiger partial charge in [-0.3, -0.25) is 4.79 Å². The van der Waals surface area contributed by atoms with Gasteiger partial charge in [-0.25, -0.2) is 22.0 Å². The Morgan fingerprint density at radius 2 is 1.82 bits per heavy atom. The molecule has 1 unspecified atom stereocenters. The number of sulfonamides is 1. The van der Waals surface area contributed by atoms with Crippen molar-refractivity contribution >= 4 is 27.7 Å². The first-order chi connectivity index (χ1) is 21.6. The van der Waals surface area contributed by atoms with Crippen molar-refractivity contribution in [3.05, 3.63) is 65.2 Å². The van der Waals surface area contributed by atoms with Crippen molar-refractivity contribution < 1.29 is 36.6 Å². The standard InChI is InChI=1S/C32H42F2N4O6S/c1-44-25-14-9-21(10-15-25)29(20-7-11-22(33)12-8-20)30(37-32(40)41)31(39)36-28-6-2-5-27(34)26(28)16-13-24-18-35-23-4-3-17-45(42,43)38(24)19-23/h2,5-8,11-12,21,23-25,29-30,35,37H,3-4,9-10,13-19H2,1H3,(H,36,39)(H,40,41)/t21-,23-,24+,25-,29+,30+/m1/s1. The van der Waals surface area contributed by atoms with Crippen molar-refractivity contribution in [2.24, 2.45) is 5.92 Å². The Bertz CT molecular complexity index is 1450. The third kappa shape index (κ3) is 8.00. The molecule has 13 heteroatoms. The minimum Gasteiger partial charge on any atom is -0.465 e. The maximum absolute atomic E-state index is 15.3. The Hall–Kier alpha value is -3.13. The molecule has 10 nitrogen and oxygen atoms in total. The summed E-state index contributed by atoms with van der Waals surface area (Å²) in [5.74, 6) is -2.30. The summed E-state index contributed by atoms with van der Waals surface area (Å²) >= 11 is 0. The normalized spacial score (nSPS) is 27.5. The highest BCUT2D eigenvalue weighted by Crippen LogP contribution is 2.40. The van der Waals surface area contributed by atoms with Gasteiger partial charge in [0.15, 0.2) is 0 Å². The van der Waals surface area contributed by atoms with E-state index in [0.717, 1.165) is 19.3 Å². The smallest absolute Gasteiger partial charge is 0.405 e. The fraction of sp³-hybridized carbons (Fsp3) is 0.562. The van der Waals surface area contributed by atoms with Crippen LogP contribution in [0.5, 0.6) is 0 Å². The zero-order valence-electron chi connectivity index (χ0n) is 25.4. The average Bonchev–Trinajstić information content (AvgIpc) is 3.13. The van der Waals surface area contributed by atoms with Gasteiger partial charge in [-0.15, -0.1) is 0 Å². The summed E-state index contributed by atoms with van der Waals surface area (Å²) in [6.45, 7) is 0.836. The first kappa shape index (κ1) is 33.2. The van der Waals surface area contributed by atoms with Crippen molar-refractivity contribution in [1.29, 1.82) is 0 Å². The summed E-state index contributed by atoms with van der Waals surface area (Å²) < 4.78 is 62.1. The van der Waals surface area contributed by atoms with E-state index in [1.807, 2.05) is 0 Å². The Kier molecular flexibility index (Phi) is 10.7. The molecule has 2 amide bonds. The number of fused-ring (bicyclic) bond motifs is 2. The number of anilines is 1. The molecule has 2 heterocycles. The number of carbonyl (C=O) groups is 2. The Labute approximate surface area is 263 Å². The molecule has 1 aliphatic carbocycles. The number of halogens is 2. The van der Waals surface area contributed by atoms with Gasteiger partial charge in [0.25, 0.3) is 0 Å². The quantitative estimate of drug-likeness (QED) is 0.303. The first-order valence-corrected chi connectivity index (χ1v) is 17.3. The lowest BCUT2D eigenvalue weighted by Crippen LogP contribution is -2.57. The van der Waals surface area contributed by atoms with Crippen molar-refractivity contribution in [2.75, 3.05) is 31.3 Å². The van der Waals surface area contributed by atoms with Crippen LogP contribution in [0.2, 0.25) is 0 Å². The molecule has 4 N–H and O–H groups in total. The number of nitrogens with zero attached hydrogens (tertiary/aromatic N) is 1. The fourth-order valence-electron chi connectivity index (χ4n) is 7.25. The molecule has 3 fully saturated rings. The average molecular weight is 649 g/mol. The number of rotatable bonds is 10. The third-order valence-electron chi connectivity index (χ3n) is 9.60. The number of methoxy groups -OCH3 is 1. The molecule has 3 aliphatic rings. The highest BCUT2D eigenvalue weighted by atomic mass is 32.2. The molecule has 0 radical (unpaired) electrons.